The minimum Gasteiger partial charge on any atom is -0.381 e. The highest BCUT2D eigenvalue weighted by Crippen LogP contribution is 2.25. The van der Waals surface area contributed by atoms with E-state index in [-0.39, 0.29) is 17.7 Å². The molecule has 9 heteroatoms. The zero-order valence-electron chi connectivity index (χ0n) is 18.0. The number of ketones is 1. The number of carbonyl (C=O) groups excluding carboxylic acids is 3. The number of hydrogen-bond donors (Lipinski definition) is 2. The molecule has 0 aromatic heterocycles. The fraction of sp³-hybridized carbons (Fsp3) is 0.810. The van der Waals surface area contributed by atoms with Gasteiger partial charge in [0.05, 0.1) is 0 Å². The molecule has 0 aromatic carbocycles. The number of ether oxygens (including phenoxy) is 1. The van der Waals surface area contributed by atoms with E-state index < -0.39 is 17.7 Å². The highest BCUT2D eigenvalue weighted by molar-refractivity contribution is 8.14. The molecule has 1 aliphatic carbocycles. The monoisotopic (exact) mass is 438 g/mol. The van der Waals surface area contributed by atoms with Gasteiger partial charge >= 0.3 is 5.91 Å². The van der Waals surface area contributed by atoms with Crippen molar-refractivity contribution in [2.75, 3.05) is 26.0 Å². The normalized spacial score (nSPS) is 26.3. The number of Topliss-reactive ketones (excluding diaryl/α,β-unsaturated/α-hetero) is 1. The second kappa shape index (κ2) is 11.1. The second-order valence-corrected chi connectivity index (χ2v) is 9.58. The van der Waals surface area contributed by atoms with Crippen LogP contribution in [0.15, 0.2) is 5.10 Å². The third-order valence-corrected chi connectivity index (χ3v) is 7.72. The Bertz CT molecular complexity index is 657. The van der Waals surface area contributed by atoms with Crippen LogP contribution in [0.25, 0.3) is 0 Å². The summed E-state index contributed by atoms with van der Waals surface area (Å²) < 4.78 is 5.41. The molecule has 30 heavy (non-hydrogen) atoms. The number of hydrazone groups is 1. The van der Waals surface area contributed by atoms with Gasteiger partial charge in [-0.2, -0.15) is 0 Å². The molecule has 3 rings (SSSR count). The molecule has 3 aliphatic rings. The van der Waals surface area contributed by atoms with Gasteiger partial charge < -0.3 is 15.0 Å². The number of thioether (sulfide) groups is 1. The molecule has 2 heterocycles. The van der Waals surface area contributed by atoms with Crippen LogP contribution in [0.2, 0.25) is 0 Å². The van der Waals surface area contributed by atoms with Crippen LogP contribution in [0.5, 0.6) is 0 Å². The summed E-state index contributed by atoms with van der Waals surface area (Å²) in [7, 11) is 1.91. The first-order chi connectivity index (χ1) is 14.5. The Morgan fingerprint density at radius 1 is 1.10 bits per heavy atom. The van der Waals surface area contributed by atoms with Gasteiger partial charge in [-0.1, -0.05) is 37.4 Å². The van der Waals surface area contributed by atoms with Gasteiger partial charge in [-0.15, -0.1) is 5.10 Å². The highest BCUT2D eigenvalue weighted by atomic mass is 32.2. The van der Waals surface area contributed by atoms with Crippen molar-refractivity contribution in [1.82, 2.24) is 15.6 Å². The van der Waals surface area contributed by atoms with Crippen LogP contribution in [0.4, 0.5) is 0 Å². The van der Waals surface area contributed by atoms with Crippen molar-refractivity contribution in [2.24, 2.45) is 16.9 Å². The molecule has 0 aromatic rings. The van der Waals surface area contributed by atoms with Crippen molar-refractivity contribution in [1.29, 1.82) is 0 Å². The molecule has 3 fully saturated rings. The summed E-state index contributed by atoms with van der Waals surface area (Å²) >= 11 is 1.54. The van der Waals surface area contributed by atoms with Gasteiger partial charge in [-0.3, -0.25) is 14.4 Å². The van der Waals surface area contributed by atoms with Crippen LogP contribution in [0.1, 0.15) is 58.3 Å². The van der Waals surface area contributed by atoms with Crippen LogP contribution in [-0.2, 0) is 19.1 Å². The predicted octanol–water partition coefficient (Wildman–Crippen LogP) is 1.89. The number of amidine groups is 1. The van der Waals surface area contributed by atoms with Gasteiger partial charge in [0, 0.05) is 38.0 Å². The SMILES string of the molecule is C[C@@H]1CSC(=NNC(=O)C(=O)[C@H](NC(=O)C2CCCCCC2)C2CCOCC2)N1C. The molecular weight excluding hydrogens is 404 g/mol. The van der Waals surface area contributed by atoms with E-state index in [1.54, 1.807) is 11.8 Å². The van der Waals surface area contributed by atoms with Gasteiger partial charge in [0.15, 0.2) is 5.17 Å². The second-order valence-electron chi connectivity index (χ2n) is 8.60. The van der Waals surface area contributed by atoms with Gasteiger partial charge in [0.2, 0.25) is 11.7 Å². The third-order valence-electron chi connectivity index (χ3n) is 6.44. The third kappa shape index (κ3) is 5.97. The number of rotatable bonds is 6. The van der Waals surface area contributed by atoms with E-state index >= 15 is 0 Å². The Balaban J connectivity index is 1.66. The molecule has 0 unspecified atom stereocenters. The maximum absolute atomic E-state index is 13.0. The highest BCUT2D eigenvalue weighted by Gasteiger charge is 2.36. The summed E-state index contributed by atoms with van der Waals surface area (Å²) in [6.07, 6.45) is 7.38. The maximum Gasteiger partial charge on any atom is 0.309 e. The van der Waals surface area contributed by atoms with Gasteiger partial charge in [0.25, 0.3) is 0 Å². The van der Waals surface area contributed by atoms with E-state index in [4.69, 9.17) is 4.74 Å². The molecule has 2 aliphatic heterocycles. The lowest BCUT2D eigenvalue weighted by Crippen LogP contribution is -2.53. The molecule has 8 nitrogen and oxygen atoms in total. The van der Waals surface area contributed by atoms with Crippen LogP contribution >= 0.6 is 11.8 Å². The molecule has 168 valence electrons. The lowest BCUT2D eigenvalue weighted by molar-refractivity contribution is -0.142. The Hall–Kier alpha value is -1.61. The molecule has 2 amide bonds. The Morgan fingerprint density at radius 2 is 1.77 bits per heavy atom. The van der Waals surface area contributed by atoms with Gasteiger partial charge in [0.1, 0.15) is 6.04 Å². The lowest BCUT2D eigenvalue weighted by atomic mass is 9.87. The van der Waals surface area contributed by atoms with E-state index in [9.17, 15) is 14.4 Å². The number of hydrogen-bond acceptors (Lipinski definition) is 6. The number of nitrogens with zero attached hydrogens (tertiary/aromatic N) is 2. The van der Waals surface area contributed by atoms with Crippen molar-refractivity contribution in [3.63, 3.8) is 0 Å². The fourth-order valence-electron chi connectivity index (χ4n) is 4.26. The standard InChI is InChI=1S/C21H34N4O4S/c1-14-13-30-21(25(14)2)24-23-20(28)18(26)17(15-9-11-29-12-10-15)22-19(27)16-7-5-3-4-6-8-16/h14-17H,3-13H2,1-2H3,(H,22,27)(H,23,28)/t14-,17-/m1/s1. The summed E-state index contributed by atoms with van der Waals surface area (Å²) in [5.74, 6) is -0.762. The van der Waals surface area contributed by atoms with Crippen molar-refractivity contribution in [3.8, 4) is 0 Å². The van der Waals surface area contributed by atoms with Gasteiger partial charge in [-0.05, 0) is 38.5 Å². The average molecular weight is 439 g/mol. The summed E-state index contributed by atoms with van der Waals surface area (Å²) in [4.78, 5) is 40.5. The number of carbonyl (C=O) groups is 3. The first-order valence-corrected chi connectivity index (χ1v) is 12.1. The van der Waals surface area contributed by atoms with E-state index in [1.807, 2.05) is 11.9 Å². The first kappa shape index (κ1) is 23.1. The average Bonchev–Trinajstić information content (AvgIpc) is 2.95. The summed E-state index contributed by atoms with van der Waals surface area (Å²) in [6.45, 7) is 3.15. The topological polar surface area (TPSA) is 100 Å². The van der Waals surface area contributed by atoms with Crippen molar-refractivity contribution >= 4 is 34.5 Å². The van der Waals surface area contributed by atoms with E-state index in [2.05, 4.69) is 22.8 Å². The van der Waals surface area contributed by atoms with Crippen molar-refractivity contribution in [2.45, 2.75) is 70.4 Å². The largest absolute Gasteiger partial charge is 0.381 e. The molecule has 2 saturated heterocycles. The van der Waals surface area contributed by atoms with Crippen molar-refractivity contribution in [3.05, 3.63) is 0 Å². The van der Waals surface area contributed by atoms with E-state index in [1.165, 1.54) is 0 Å². The Morgan fingerprint density at radius 3 is 2.37 bits per heavy atom. The smallest absolute Gasteiger partial charge is 0.309 e. The lowest BCUT2D eigenvalue weighted by Gasteiger charge is -2.30. The maximum atomic E-state index is 13.0. The minimum atomic E-state index is -0.822. The number of nitrogens with one attached hydrogen (secondary N) is 2. The van der Waals surface area contributed by atoms with Crippen LogP contribution in [0.3, 0.4) is 0 Å². The minimum absolute atomic E-state index is 0.0732. The van der Waals surface area contributed by atoms with Crippen LogP contribution < -0.4 is 10.7 Å². The molecule has 2 N–H and O–H groups in total. The molecule has 2 atom stereocenters. The Labute approximate surface area is 182 Å². The first-order valence-electron chi connectivity index (χ1n) is 11.1. The van der Waals surface area contributed by atoms with Crippen molar-refractivity contribution < 1.29 is 19.1 Å². The molecule has 0 spiro atoms. The fourth-order valence-corrected chi connectivity index (χ4v) is 5.37. The van der Waals surface area contributed by atoms with Crippen LogP contribution in [-0.4, -0.2) is 65.8 Å². The molecule has 0 radical (unpaired) electrons. The predicted molar refractivity (Wildman–Crippen MR) is 117 cm³/mol. The quantitative estimate of drug-likeness (QED) is 0.373. The number of amides is 2. The summed E-state index contributed by atoms with van der Waals surface area (Å²) in [6, 6.07) is -0.493. The molecular formula is C21H34N4O4S. The summed E-state index contributed by atoms with van der Waals surface area (Å²) in [5.41, 5.74) is 2.41. The summed E-state index contributed by atoms with van der Waals surface area (Å²) in [5, 5.41) is 7.76. The van der Waals surface area contributed by atoms with Crippen LogP contribution in [0, 0.1) is 11.8 Å². The zero-order valence-corrected chi connectivity index (χ0v) is 18.8. The zero-order chi connectivity index (χ0) is 21.5. The van der Waals surface area contributed by atoms with E-state index in [0.29, 0.717) is 37.3 Å². The van der Waals surface area contributed by atoms with E-state index in [0.717, 1.165) is 44.3 Å². The van der Waals surface area contributed by atoms with Gasteiger partial charge in [-0.25, -0.2) is 5.43 Å². The Kier molecular flexibility index (Phi) is 8.56. The molecule has 0 bridgehead atoms. The molecule has 1 saturated carbocycles.